The van der Waals surface area contributed by atoms with Gasteiger partial charge in [-0.1, -0.05) is 18.2 Å². The zero-order valence-corrected chi connectivity index (χ0v) is 16.0. The minimum absolute atomic E-state index is 0.0503. The number of ether oxygens (including phenoxy) is 2. The van der Waals surface area contributed by atoms with Crippen LogP contribution in [0.1, 0.15) is 15.9 Å². The van der Waals surface area contributed by atoms with Crippen molar-refractivity contribution in [2.24, 2.45) is 0 Å². The van der Waals surface area contributed by atoms with Crippen LogP contribution in [0.4, 0.5) is 17.6 Å². The Morgan fingerprint density at radius 1 is 1.03 bits per heavy atom. The molecule has 0 aliphatic carbocycles. The molecular formula is C22H14F4N2O3. The van der Waals surface area contributed by atoms with Crippen molar-refractivity contribution >= 4 is 16.8 Å². The number of rotatable bonds is 5. The standard InChI is InChI=1S/C22H14F4N2O3/c1-30-18-4-2-3-15(19(18)23)20(29)17-11-28-21-16(17)9-13(10-27-21)12-5-7-14(8-6-12)31-22(24,25)26/h2-11H,1H3,(H,27,28). The highest BCUT2D eigenvalue weighted by atomic mass is 19.4. The largest absolute Gasteiger partial charge is 0.573 e. The molecule has 0 saturated carbocycles. The van der Waals surface area contributed by atoms with E-state index in [2.05, 4.69) is 14.7 Å². The van der Waals surface area contributed by atoms with Crippen molar-refractivity contribution in [1.29, 1.82) is 0 Å². The van der Waals surface area contributed by atoms with Gasteiger partial charge in [0.05, 0.1) is 12.7 Å². The maximum absolute atomic E-state index is 14.6. The number of nitrogens with one attached hydrogen (secondary N) is 1. The van der Waals surface area contributed by atoms with Crippen molar-refractivity contribution in [3.8, 4) is 22.6 Å². The van der Waals surface area contributed by atoms with E-state index >= 15 is 0 Å². The van der Waals surface area contributed by atoms with Crippen LogP contribution in [0.3, 0.4) is 0 Å². The summed E-state index contributed by atoms with van der Waals surface area (Å²) in [6, 6.07) is 11.2. The zero-order chi connectivity index (χ0) is 22.2. The molecular weight excluding hydrogens is 416 g/mol. The average Bonchev–Trinajstić information content (AvgIpc) is 3.16. The first-order valence-electron chi connectivity index (χ1n) is 8.97. The van der Waals surface area contributed by atoms with Crippen LogP contribution in [0.5, 0.6) is 11.5 Å². The van der Waals surface area contributed by atoms with Crippen LogP contribution in [-0.2, 0) is 0 Å². The summed E-state index contributed by atoms with van der Waals surface area (Å²) in [6.45, 7) is 0. The van der Waals surface area contributed by atoms with Crippen LogP contribution in [0.2, 0.25) is 0 Å². The summed E-state index contributed by atoms with van der Waals surface area (Å²) in [6.07, 6.45) is -1.83. The summed E-state index contributed by atoms with van der Waals surface area (Å²) in [5, 5.41) is 0.445. The van der Waals surface area contributed by atoms with Gasteiger partial charge in [0.15, 0.2) is 17.3 Å². The Bertz CT molecular complexity index is 1260. The number of hydrogen-bond acceptors (Lipinski definition) is 4. The second-order valence-corrected chi connectivity index (χ2v) is 6.55. The summed E-state index contributed by atoms with van der Waals surface area (Å²) in [5.74, 6) is -1.73. The molecule has 0 aliphatic rings. The Balaban J connectivity index is 1.71. The van der Waals surface area contributed by atoms with E-state index in [-0.39, 0.29) is 22.6 Å². The van der Waals surface area contributed by atoms with Gasteiger partial charge in [0.2, 0.25) is 0 Å². The minimum Gasteiger partial charge on any atom is -0.494 e. The van der Waals surface area contributed by atoms with Crippen LogP contribution in [0, 0.1) is 5.82 Å². The molecule has 31 heavy (non-hydrogen) atoms. The SMILES string of the molecule is COc1cccc(C(=O)c2c[nH]c3ncc(-c4ccc(OC(F)(F)F)cc4)cc23)c1F. The summed E-state index contributed by atoms with van der Waals surface area (Å²) in [4.78, 5) is 20.1. The molecule has 9 heteroatoms. The van der Waals surface area contributed by atoms with Crippen molar-refractivity contribution in [3.05, 3.63) is 77.9 Å². The lowest BCUT2D eigenvalue weighted by molar-refractivity contribution is -0.274. The Kier molecular flexibility index (Phi) is 5.10. The highest BCUT2D eigenvalue weighted by Gasteiger charge is 2.31. The van der Waals surface area contributed by atoms with E-state index < -0.39 is 18.0 Å². The van der Waals surface area contributed by atoms with E-state index in [1.165, 1.54) is 62.0 Å². The van der Waals surface area contributed by atoms with Crippen molar-refractivity contribution < 1.29 is 31.8 Å². The van der Waals surface area contributed by atoms with Gasteiger partial charge in [0.25, 0.3) is 0 Å². The highest BCUT2D eigenvalue weighted by Crippen LogP contribution is 2.30. The molecule has 1 N–H and O–H groups in total. The van der Waals surface area contributed by atoms with Gasteiger partial charge in [-0.2, -0.15) is 0 Å². The van der Waals surface area contributed by atoms with Gasteiger partial charge in [-0.25, -0.2) is 9.37 Å². The number of aromatic nitrogens is 2. The number of carbonyl (C=O) groups excluding carboxylic acids is 1. The van der Waals surface area contributed by atoms with Crippen LogP contribution in [0.25, 0.3) is 22.2 Å². The molecule has 0 fully saturated rings. The minimum atomic E-state index is -4.78. The van der Waals surface area contributed by atoms with Crippen molar-refractivity contribution in [3.63, 3.8) is 0 Å². The monoisotopic (exact) mass is 430 g/mol. The smallest absolute Gasteiger partial charge is 0.494 e. The second kappa shape index (κ2) is 7.75. The van der Waals surface area contributed by atoms with E-state index in [0.29, 0.717) is 22.2 Å². The fourth-order valence-electron chi connectivity index (χ4n) is 3.19. The molecule has 0 bridgehead atoms. The number of halogens is 4. The molecule has 2 heterocycles. The van der Waals surface area contributed by atoms with E-state index in [9.17, 15) is 22.4 Å². The van der Waals surface area contributed by atoms with Gasteiger partial charge in [-0.3, -0.25) is 4.79 Å². The van der Waals surface area contributed by atoms with Crippen LogP contribution < -0.4 is 9.47 Å². The number of nitrogens with zero attached hydrogens (tertiary/aromatic N) is 1. The normalized spacial score (nSPS) is 11.5. The summed E-state index contributed by atoms with van der Waals surface area (Å²) >= 11 is 0. The number of aromatic amines is 1. The molecule has 2 aromatic carbocycles. The number of carbonyl (C=O) groups is 1. The number of pyridine rings is 1. The molecule has 0 spiro atoms. The number of alkyl halides is 3. The number of ketones is 1. The van der Waals surface area contributed by atoms with Crippen molar-refractivity contribution in [2.75, 3.05) is 7.11 Å². The lowest BCUT2D eigenvalue weighted by atomic mass is 10.0. The Morgan fingerprint density at radius 2 is 1.77 bits per heavy atom. The summed E-state index contributed by atoms with van der Waals surface area (Å²) in [5.41, 5.74) is 1.59. The fraction of sp³-hybridized carbons (Fsp3) is 0.0909. The number of fused-ring (bicyclic) bond motifs is 1. The molecule has 158 valence electrons. The molecule has 0 amide bonds. The average molecular weight is 430 g/mol. The molecule has 4 aromatic rings. The Hall–Kier alpha value is -3.88. The molecule has 0 saturated heterocycles. The number of hydrogen-bond donors (Lipinski definition) is 1. The van der Waals surface area contributed by atoms with Gasteiger partial charge in [-0.05, 0) is 35.9 Å². The predicted molar refractivity (Wildman–Crippen MR) is 105 cm³/mol. The third-order valence-corrected chi connectivity index (χ3v) is 4.62. The topological polar surface area (TPSA) is 64.2 Å². The Morgan fingerprint density at radius 3 is 2.45 bits per heavy atom. The van der Waals surface area contributed by atoms with Gasteiger partial charge in [0, 0.05) is 28.9 Å². The van der Waals surface area contributed by atoms with Crippen LogP contribution in [0.15, 0.2) is 60.9 Å². The predicted octanol–water partition coefficient (Wildman–Crippen LogP) is 5.51. The van der Waals surface area contributed by atoms with Crippen molar-refractivity contribution in [1.82, 2.24) is 9.97 Å². The highest BCUT2D eigenvalue weighted by molar-refractivity contribution is 6.16. The lowest BCUT2D eigenvalue weighted by Crippen LogP contribution is -2.16. The molecule has 5 nitrogen and oxygen atoms in total. The molecule has 0 atom stereocenters. The molecule has 0 radical (unpaired) electrons. The molecule has 2 aromatic heterocycles. The van der Waals surface area contributed by atoms with E-state index in [1.54, 1.807) is 6.07 Å². The molecule has 0 aliphatic heterocycles. The van der Waals surface area contributed by atoms with Crippen LogP contribution in [-0.4, -0.2) is 29.2 Å². The third-order valence-electron chi connectivity index (χ3n) is 4.62. The fourth-order valence-corrected chi connectivity index (χ4v) is 3.19. The first kappa shape index (κ1) is 20.4. The van der Waals surface area contributed by atoms with E-state index in [1.807, 2.05) is 0 Å². The van der Waals surface area contributed by atoms with Gasteiger partial charge in [0.1, 0.15) is 11.4 Å². The molecule has 0 unspecified atom stereocenters. The first-order valence-corrected chi connectivity index (χ1v) is 8.97. The zero-order valence-electron chi connectivity index (χ0n) is 16.0. The van der Waals surface area contributed by atoms with E-state index in [0.717, 1.165) is 0 Å². The van der Waals surface area contributed by atoms with Gasteiger partial charge in [-0.15, -0.1) is 13.2 Å². The van der Waals surface area contributed by atoms with Gasteiger partial charge >= 0.3 is 6.36 Å². The maximum atomic E-state index is 14.6. The number of H-pyrrole nitrogens is 1. The maximum Gasteiger partial charge on any atom is 0.573 e. The number of benzene rings is 2. The third kappa shape index (κ3) is 4.07. The summed E-state index contributed by atoms with van der Waals surface area (Å²) < 4.78 is 60.4. The quantitative estimate of drug-likeness (QED) is 0.335. The Labute approximate surface area is 173 Å². The van der Waals surface area contributed by atoms with Gasteiger partial charge < -0.3 is 14.5 Å². The van der Waals surface area contributed by atoms with Crippen molar-refractivity contribution in [2.45, 2.75) is 6.36 Å². The second-order valence-electron chi connectivity index (χ2n) is 6.55. The van der Waals surface area contributed by atoms with Crippen LogP contribution >= 0.6 is 0 Å². The van der Waals surface area contributed by atoms with E-state index in [4.69, 9.17) is 4.74 Å². The lowest BCUT2D eigenvalue weighted by Gasteiger charge is -2.09. The summed E-state index contributed by atoms with van der Waals surface area (Å²) in [7, 11) is 1.31. The molecule has 4 rings (SSSR count). The first-order chi connectivity index (χ1) is 14.8. The number of methoxy groups -OCH3 is 1.